The summed E-state index contributed by atoms with van der Waals surface area (Å²) in [7, 11) is 0. The van der Waals surface area contributed by atoms with E-state index in [0.29, 0.717) is 0 Å². The summed E-state index contributed by atoms with van der Waals surface area (Å²) in [5.41, 5.74) is -1.22. The number of nitrogens with zero attached hydrogens (tertiary/aromatic N) is 2. The van der Waals surface area contributed by atoms with Crippen LogP contribution in [0.2, 0.25) is 0 Å². The van der Waals surface area contributed by atoms with Crippen molar-refractivity contribution >= 4 is 5.69 Å². The quantitative estimate of drug-likeness (QED) is 0.687. The van der Waals surface area contributed by atoms with Gasteiger partial charge in [-0.1, -0.05) is 0 Å². The van der Waals surface area contributed by atoms with Crippen LogP contribution in [-0.4, -0.2) is 4.98 Å². The van der Waals surface area contributed by atoms with E-state index in [1.54, 1.807) is 0 Å². The van der Waals surface area contributed by atoms with Crippen molar-refractivity contribution in [2.24, 2.45) is 0 Å². The average Bonchev–Trinajstić information content (AvgIpc) is 2.31. The highest BCUT2D eigenvalue weighted by Crippen LogP contribution is 2.31. The van der Waals surface area contributed by atoms with Gasteiger partial charge in [-0.15, -0.1) is 0 Å². The smallest absolute Gasteiger partial charge is 0.253 e. The highest BCUT2D eigenvalue weighted by molar-refractivity contribution is 5.67. The van der Waals surface area contributed by atoms with Crippen LogP contribution < -0.4 is 0 Å². The Morgan fingerprint density at radius 3 is 2.47 bits per heavy atom. The molecule has 0 aliphatic carbocycles. The van der Waals surface area contributed by atoms with Gasteiger partial charge >= 0.3 is 0 Å². The molecule has 84 valence electrons. The van der Waals surface area contributed by atoms with Crippen LogP contribution in [0.4, 0.5) is 18.9 Å². The van der Waals surface area contributed by atoms with Crippen molar-refractivity contribution in [1.82, 2.24) is 4.98 Å². The van der Waals surface area contributed by atoms with Crippen molar-refractivity contribution in [2.45, 2.75) is 0 Å². The lowest BCUT2D eigenvalue weighted by Crippen LogP contribution is -1.93. The summed E-state index contributed by atoms with van der Waals surface area (Å²) in [5, 5.41) is 0. The summed E-state index contributed by atoms with van der Waals surface area (Å²) in [4.78, 5) is 6.41. The molecule has 0 aliphatic rings. The van der Waals surface area contributed by atoms with E-state index in [1.807, 2.05) is 0 Å². The topological polar surface area (TPSA) is 17.2 Å². The molecule has 17 heavy (non-hydrogen) atoms. The lowest BCUT2D eigenvalue weighted by atomic mass is 10.1. The number of pyridine rings is 1. The summed E-state index contributed by atoms with van der Waals surface area (Å²) in [6.45, 7) is 6.67. The Morgan fingerprint density at radius 1 is 1.06 bits per heavy atom. The normalized spacial score (nSPS) is 10.0. The summed E-state index contributed by atoms with van der Waals surface area (Å²) in [6, 6.07) is 4.45. The van der Waals surface area contributed by atoms with E-state index >= 15 is 0 Å². The Morgan fingerprint density at radius 2 is 1.82 bits per heavy atom. The van der Waals surface area contributed by atoms with E-state index < -0.39 is 23.1 Å². The van der Waals surface area contributed by atoms with Crippen LogP contribution in [0.15, 0.2) is 30.5 Å². The Bertz CT molecular complexity index is 618. The molecule has 2 rings (SSSR count). The van der Waals surface area contributed by atoms with E-state index in [1.165, 1.54) is 12.3 Å². The maximum Gasteiger partial charge on any atom is 0.257 e. The molecule has 0 unspecified atom stereocenters. The highest BCUT2D eigenvalue weighted by Gasteiger charge is 2.17. The molecule has 2 aromatic rings. The summed E-state index contributed by atoms with van der Waals surface area (Å²) >= 11 is 0. The van der Waals surface area contributed by atoms with Gasteiger partial charge in [0.05, 0.1) is 6.57 Å². The van der Waals surface area contributed by atoms with Crippen molar-refractivity contribution in [3.8, 4) is 11.3 Å². The molecule has 0 saturated carbocycles. The zero-order chi connectivity index (χ0) is 12.4. The highest BCUT2D eigenvalue weighted by atomic mass is 19.1. The Labute approximate surface area is 95.2 Å². The predicted octanol–water partition coefficient (Wildman–Crippen LogP) is 3.72. The van der Waals surface area contributed by atoms with Gasteiger partial charge in [0.1, 0.15) is 23.1 Å². The maximum absolute atomic E-state index is 13.7. The standard InChI is InChI=1S/C12H5F3N2/c1-16-12-9(14)5-4-7(10(12)15)11-8(13)3-2-6-17-11/h2-6H. The van der Waals surface area contributed by atoms with Crippen LogP contribution in [0.25, 0.3) is 16.1 Å². The van der Waals surface area contributed by atoms with Crippen LogP contribution in [0.5, 0.6) is 0 Å². The van der Waals surface area contributed by atoms with E-state index in [4.69, 9.17) is 6.57 Å². The van der Waals surface area contributed by atoms with Gasteiger partial charge in [0.25, 0.3) is 5.69 Å². The van der Waals surface area contributed by atoms with Crippen LogP contribution >= 0.6 is 0 Å². The minimum absolute atomic E-state index is 0.226. The number of hydrogen-bond acceptors (Lipinski definition) is 1. The van der Waals surface area contributed by atoms with Gasteiger partial charge in [-0.05, 0) is 24.3 Å². The fourth-order valence-corrected chi connectivity index (χ4v) is 1.41. The van der Waals surface area contributed by atoms with Crippen molar-refractivity contribution in [2.75, 3.05) is 0 Å². The van der Waals surface area contributed by atoms with Crippen molar-refractivity contribution in [3.05, 3.63) is 59.3 Å². The van der Waals surface area contributed by atoms with Gasteiger partial charge in [-0.2, -0.15) is 0 Å². The molecule has 1 aromatic carbocycles. The first-order valence-electron chi connectivity index (χ1n) is 4.61. The molecule has 5 heteroatoms. The third-order valence-corrected chi connectivity index (χ3v) is 2.19. The number of rotatable bonds is 1. The fourth-order valence-electron chi connectivity index (χ4n) is 1.41. The monoisotopic (exact) mass is 234 g/mol. The first-order valence-corrected chi connectivity index (χ1v) is 4.61. The van der Waals surface area contributed by atoms with E-state index in [2.05, 4.69) is 9.83 Å². The Balaban J connectivity index is 2.71. The molecule has 0 spiro atoms. The van der Waals surface area contributed by atoms with Gasteiger partial charge in [-0.25, -0.2) is 18.0 Å². The second kappa shape index (κ2) is 4.26. The first-order chi connectivity index (χ1) is 8.15. The van der Waals surface area contributed by atoms with Gasteiger partial charge in [0, 0.05) is 11.8 Å². The molecule has 0 amide bonds. The third-order valence-electron chi connectivity index (χ3n) is 2.19. The molecular weight excluding hydrogens is 229 g/mol. The molecule has 0 atom stereocenters. The zero-order valence-corrected chi connectivity index (χ0v) is 8.42. The largest absolute Gasteiger partial charge is 0.257 e. The number of hydrogen-bond donors (Lipinski definition) is 0. The predicted molar refractivity (Wildman–Crippen MR) is 55.8 cm³/mol. The van der Waals surface area contributed by atoms with Crippen LogP contribution in [-0.2, 0) is 0 Å². The second-order valence-corrected chi connectivity index (χ2v) is 3.20. The summed E-state index contributed by atoms with van der Waals surface area (Å²) in [5.74, 6) is -2.80. The molecule has 0 fully saturated rings. The third kappa shape index (κ3) is 1.85. The molecule has 1 heterocycles. The molecule has 2 nitrogen and oxygen atoms in total. The van der Waals surface area contributed by atoms with Crippen molar-refractivity contribution in [1.29, 1.82) is 0 Å². The summed E-state index contributed by atoms with van der Waals surface area (Å²) < 4.78 is 40.2. The van der Waals surface area contributed by atoms with Crippen LogP contribution in [0, 0.1) is 24.0 Å². The Hall–Kier alpha value is -2.35. The van der Waals surface area contributed by atoms with E-state index in [9.17, 15) is 13.2 Å². The molecule has 0 saturated heterocycles. The van der Waals surface area contributed by atoms with Crippen molar-refractivity contribution in [3.63, 3.8) is 0 Å². The van der Waals surface area contributed by atoms with Crippen LogP contribution in [0.1, 0.15) is 0 Å². The molecule has 1 aromatic heterocycles. The molecular formula is C12H5F3N2. The molecule has 0 radical (unpaired) electrons. The van der Waals surface area contributed by atoms with Gasteiger partial charge in [-0.3, -0.25) is 4.98 Å². The molecule has 0 N–H and O–H groups in total. The molecule has 0 bridgehead atoms. The van der Waals surface area contributed by atoms with E-state index in [0.717, 1.165) is 18.2 Å². The fraction of sp³-hybridized carbons (Fsp3) is 0. The zero-order valence-electron chi connectivity index (χ0n) is 8.42. The van der Waals surface area contributed by atoms with Gasteiger partial charge < -0.3 is 0 Å². The van der Waals surface area contributed by atoms with Gasteiger partial charge in [0.2, 0.25) is 0 Å². The first kappa shape index (κ1) is 11.1. The summed E-state index contributed by atoms with van der Waals surface area (Å²) in [6.07, 6.45) is 1.29. The van der Waals surface area contributed by atoms with Gasteiger partial charge in [0.15, 0.2) is 0 Å². The van der Waals surface area contributed by atoms with Crippen LogP contribution in [0.3, 0.4) is 0 Å². The molecule has 0 aliphatic heterocycles. The number of aromatic nitrogens is 1. The minimum Gasteiger partial charge on any atom is -0.253 e. The second-order valence-electron chi connectivity index (χ2n) is 3.20. The number of benzene rings is 1. The van der Waals surface area contributed by atoms with Crippen molar-refractivity contribution < 1.29 is 13.2 Å². The lowest BCUT2D eigenvalue weighted by Gasteiger charge is -2.05. The van der Waals surface area contributed by atoms with E-state index in [-0.39, 0.29) is 11.3 Å². The maximum atomic E-state index is 13.7. The SMILES string of the molecule is [C-]#[N+]c1c(F)ccc(-c2ncccc2F)c1F. The number of halogens is 3. The minimum atomic E-state index is -1.10. The average molecular weight is 234 g/mol. The Kier molecular flexibility index (Phi) is 2.79. The lowest BCUT2D eigenvalue weighted by molar-refractivity contribution is 0.591.